The van der Waals surface area contributed by atoms with Crippen LogP contribution in [0.15, 0.2) is 54.7 Å². The van der Waals surface area contributed by atoms with Crippen molar-refractivity contribution in [1.29, 1.82) is 0 Å². The first kappa shape index (κ1) is 22.3. The molecule has 0 radical (unpaired) electrons. The van der Waals surface area contributed by atoms with Crippen molar-refractivity contribution < 1.29 is 18.3 Å². The van der Waals surface area contributed by atoms with Crippen molar-refractivity contribution in [1.82, 2.24) is 20.5 Å². The van der Waals surface area contributed by atoms with Crippen LogP contribution in [0.25, 0.3) is 11.3 Å². The maximum atomic E-state index is 14.3. The standard InChI is InChI=1S/C25H25F2N5O2/c26-18-12-25(13-18,23-20(27)5-2-9-28-23)15-29-22-7-6-21(31-32-22)16-3-1-4-17(11-16)24(33)30-19-8-10-34-14-19/h1-7,9,11,18-19H,8,10,12-15H2,(H,29,32)(H,30,33)/t18?,19-,25?/m0/s1. The van der Waals surface area contributed by atoms with Crippen LogP contribution < -0.4 is 10.6 Å². The topological polar surface area (TPSA) is 89.0 Å². The van der Waals surface area contributed by atoms with Gasteiger partial charge in [0.2, 0.25) is 0 Å². The van der Waals surface area contributed by atoms with Gasteiger partial charge in [-0.05, 0) is 55.7 Å². The zero-order chi connectivity index (χ0) is 23.5. The minimum atomic E-state index is -0.970. The second kappa shape index (κ2) is 9.42. The van der Waals surface area contributed by atoms with Crippen LogP contribution in [0.3, 0.4) is 0 Å². The Morgan fingerprint density at radius 2 is 2.03 bits per heavy atom. The molecule has 0 spiro atoms. The predicted octanol–water partition coefficient (Wildman–Crippen LogP) is 3.68. The SMILES string of the molecule is O=C(N[C@H]1CCOC1)c1cccc(-c2ccc(NCC3(c4ncccc4F)CC(F)C3)nn2)c1. The van der Waals surface area contributed by atoms with Gasteiger partial charge in [0.25, 0.3) is 5.91 Å². The van der Waals surface area contributed by atoms with E-state index in [2.05, 4.69) is 25.8 Å². The van der Waals surface area contributed by atoms with Crippen molar-refractivity contribution in [3.05, 3.63) is 71.8 Å². The lowest BCUT2D eigenvalue weighted by Crippen LogP contribution is -2.49. The van der Waals surface area contributed by atoms with Gasteiger partial charge >= 0.3 is 0 Å². The molecule has 1 amide bonds. The highest BCUT2D eigenvalue weighted by Crippen LogP contribution is 2.45. The third kappa shape index (κ3) is 4.61. The van der Waals surface area contributed by atoms with Crippen LogP contribution in [0.1, 0.15) is 35.3 Å². The molecule has 2 aliphatic rings. The first-order valence-electron chi connectivity index (χ1n) is 11.3. The number of rotatable bonds is 7. The van der Waals surface area contributed by atoms with E-state index in [-0.39, 0.29) is 30.5 Å². The monoisotopic (exact) mass is 465 g/mol. The summed E-state index contributed by atoms with van der Waals surface area (Å²) in [5.41, 5.74) is 1.48. The summed E-state index contributed by atoms with van der Waals surface area (Å²) in [5.74, 6) is -0.0822. The number of halogens is 2. The molecule has 7 nitrogen and oxygen atoms in total. The Hall–Kier alpha value is -3.46. The van der Waals surface area contributed by atoms with Crippen LogP contribution in [0.2, 0.25) is 0 Å². The molecule has 1 atom stereocenters. The molecule has 5 rings (SSSR count). The van der Waals surface area contributed by atoms with Crippen LogP contribution in [0, 0.1) is 5.82 Å². The zero-order valence-corrected chi connectivity index (χ0v) is 18.5. The van der Waals surface area contributed by atoms with Gasteiger partial charge in [-0.25, -0.2) is 8.78 Å². The van der Waals surface area contributed by atoms with E-state index < -0.39 is 17.4 Å². The first-order valence-corrected chi connectivity index (χ1v) is 11.3. The van der Waals surface area contributed by atoms with Gasteiger partial charge in [0.05, 0.1) is 24.0 Å². The third-order valence-electron chi connectivity index (χ3n) is 6.44. The van der Waals surface area contributed by atoms with Gasteiger partial charge in [-0.15, -0.1) is 10.2 Å². The number of pyridine rings is 1. The number of alkyl halides is 1. The number of aromatic nitrogens is 3. The molecule has 0 bridgehead atoms. The molecule has 2 aromatic heterocycles. The molecule has 3 aromatic rings. The number of nitrogens with zero attached hydrogens (tertiary/aromatic N) is 3. The molecule has 1 aliphatic heterocycles. The Kier molecular flexibility index (Phi) is 6.19. The lowest BCUT2D eigenvalue weighted by molar-refractivity contribution is 0.0929. The zero-order valence-electron chi connectivity index (χ0n) is 18.5. The molecule has 1 saturated carbocycles. The van der Waals surface area contributed by atoms with E-state index in [1.165, 1.54) is 18.3 Å². The molecule has 2 N–H and O–H groups in total. The Balaban J connectivity index is 1.26. The van der Waals surface area contributed by atoms with Crippen molar-refractivity contribution in [3.8, 4) is 11.3 Å². The molecule has 9 heteroatoms. The highest BCUT2D eigenvalue weighted by molar-refractivity contribution is 5.95. The Labute approximate surface area is 196 Å². The minimum Gasteiger partial charge on any atom is -0.379 e. The molecule has 2 fully saturated rings. The summed E-state index contributed by atoms with van der Waals surface area (Å²) >= 11 is 0. The number of benzene rings is 1. The number of carbonyl (C=O) groups excluding carboxylic acids is 1. The number of hydrogen-bond acceptors (Lipinski definition) is 6. The molecule has 34 heavy (non-hydrogen) atoms. The van der Waals surface area contributed by atoms with Crippen molar-refractivity contribution in [2.24, 2.45) is 0 Å². The molecule has 3 heterocycles. The highest BCUT2D eigenvalue weighted by atomic mass is 19.1. The second-order valence-electron chi connectivity index (χ2n) is 8.89. The highest BCUT2D eigenvalue weighted by Gasteiger charge is 2.48. The molecular formula is C25H25F2N5O2. The summed E-state index contributed by atoms with van der Waals surface area (Å²) in [6.45, 7) is 1.49. The Morgan fingerprint density at radius 3 is 2.74 bits per heavy atom. The minimum absolute atomic E-state index is 0.0347. The fourth-order valence-corrected chi connectivity index (χ4v) is 4.56. The van der Waals surface area contributed by atoms with Gasteiger partial charge in [0, 0.05) is 35.9 Å². The summed E-state index contributed by atoms with van der Waals surface area (Å²) in [6.07, 6.45) is 1.78. The molecule has 1 aliphatic carbocycles. The second-order valence-corrected chi connectivity index (χ2v) is 8.89. The average Bonchev–Trinajstić information content (AvgIpc) is 3.35. The van der Waals surface area contributed by atoms with Gasteiger partial charge in [-0.3, -0.25) is 9.78 Å². The summed E-state index contributed by atoms with van der Waals surface area (Å²) in [6, 6.07) is 13.7. The van der Waals surface area contributed by atoms with Gasteiger partial charge in [-0.1, -0.05) is 12.1 Å². The summed E-state index contributed by atoms with van der Waals surface area (Å²) < 4.78 is 33.4. The van der Waals surface area contributed by atoms with E-state index in [9.17, 15) is 13.6 Å². The van der Waals surface area contributed by atoms with Crippen molar-refractivity contribution in [2.45, 2.75) is 36.9 Å². The van der Waals surface area contributed by atoms with Crippen LogP contribution in [-0.4, -0.2) is 53.1 Å². The lowest BCUT2D eigenvalue weighted by atomic mass is 9.65. The number of nitrogens with one attached hydrogen (secondary N) is 2. The van der Waals surface area contributed by atoms with Gasteiger partial charge in [0.1, 0.15) is 17.8 Å². The Morgan fingerprint density at radius 1 is 1.15 bits per heavy atom. The number of hydrogen-bond donors (Lipinski definition) is 2. The number of ether oxygens (including phenoxy) is 1. The van der Waals surface area contributed by atoms with Crippen molar-refractivity contribution in [3.63, 3.8) is 0 Å². The van der Waals surface area contributed by atoms with Gasteiger partial charge in [0.15, 0.2) is 0 Å². The van der Waals surface area contributed by atoms with E-state index in [4.69, 9.17) is 4.74 Å². The molecule has 1 saturated heterocycles. The quantitative estimate of drug-likeness (QED) is 0.554. The van der Waals surface area contributed by atoms with E-state index in [0.29, 0.717) is 36.8 Å². The molecule has 176 valence electrons. The largest absolute Gasteiger partial charge is 0.379 e. The number of amides is 1. The maximum Gasteiger partial charge on any atom is 0.251 e. The van der Waals surface area contributed by atoms with Crippen molar-refractivity contribution in [2.75, 3.05) is 25.1 Å². The fraction of sp³-hybridized carbons (Fsp3) is 0.360. The smallest absolute Gasteiger partial charge is 0.251 e. The van der Waals surface area contributed by atoms with E-state index in [1.807, 2.05) is 6.07 Å². The van der Waals surface area contributed by atoms with Gasteiger partial charge < -0.3 is 15.4 Å². The lowest BCUT2D eigenvalue weighted by Gasteiger charge is -2.44. The summed E-state index contributed by atoms with van der Waals surface area (Å²) in [4.78, 5) is 16.7. The van der Waals surface area contributed by atoms with Gasteiger partial charge in [-0.2, -0.15) is 0 Å². The van der Waals surface area contributed by atoms with E-state index >= 15 is 0 Å². The maximum absolute atomic E-state index is 14.3. The van der Waals surface area contributed by atoms with Crippen LogP contribution in [0.4, 0.5) is 14.6 Å². The van der Waals surface area contributed by atoms with Crippen LogP contribution >= 0.6 is 0 Å². The summed E-state index contributed by atoms with van der Waals surface area (Å²) in [7, 11) is 0. The predicted molar refractivity (Wildman–Crippen MR) is 123 cm³/mol. The van der Waals surface area contributed by atoms with Crippen LogP contribution in [0.5, 0.6) is 0 Å². The third-order valence-corrected chi connectivity index (χ3v) is 6.44. The van der Waals surface area contributed by atoms with E-state index in [0.717, 1.165) is 12.0 Å². The average molecular weight is 466 g/mol. The number of carbonyl (C=O) groups is 1. The normalized spacial score (nSPS) is 23.8. The summed E-state index contributed by atoms with van der Waals surface area (Å²) in [5, 5.41) is 14.6. The first-order chi connectivity index (χ1) is 16.5. The fourth-order valence-electron chi connectivity index (χ4n) is 4.56. The molecular weight excluding hydrogens is 440 g/mol. The number of anilines is 1. The Bertz CT molecular complexity index is 1160. The molecule has 1 aromatic carbocycles. The van der Waals surface area contributed by atoms with Crippen LogP contribution in [-0.2, 0) is 10.2 Å². The van der Waals surface area contributed by atoms with E-state index in [1.54, 1.807) is 30.3 Å². The van der Waals surface area contributed by atoms with Crippen molar-refractivity contribution >= 4 is 11.7 Å². The molecule has 0 unspecified atom stereocenters.